The summed E-state index contributed by atoms with van der Waals surface area (Å²) in [6.07, 6.45) is 6.84. The van der Waals surface area contributed by atoms with Crippen LogP contribution in [-0.2, 0) is 14.2 Å². The Morgan fingerprint density at radius 2 is 2.14 bits per heavy atom. The Morgan fingerprint density at radius 1 is 1.36 bits per heavy atom. The van der Waals surface area contributed by atoms with Gasteiger partial charge >= 0.3 is 0 Å². The van der Waals surface area contributed by atoms with Gasteiger partial charge in [0, 0.05) is 7.11 Å². The van der Waals surface area contributed by atoms with Gasteiger partial charge in [-0.1, -0.05) is 32.6 Å². The number of hydrogen-bond acceptors (Lipinski definition) is 3. The van der Waals surface area contributed by atoms with Gasteiger partial charge < -0.3 is 14.2 Å². The van der Waals surface area contributed by atoms with Crippen molar-refractivity contribution >= 4 is 0 Å². The first-order chi connectivity index (χ1) is 6.88. The second kappa shape index (κ2) is 7.21. The largest absolute Gasteiger partial charge is 0.370 e. The SMILES string of the molecule is CCCCCC[C@H](OCOC)[C@@H]1CO1. The van der Waals surface area contributed by atoms with E-state index >= 15 is 0 Å². The number of unbranched alkanes of at least 4 members (excludes halogenated alkanes) is 3. The van der Waals surface area contributed by atoms with Crippen molar-refractivity contribution in [1.82, 2.24) is 0 Å². The fourth-order valence-corrected chi connectivity index (χ4v) is 1.57. The number of epoxide rings is 1. The van der Waals surface area contributed by atoms with Gasteiger partial charge in [0.1, 0.15) is 12.9 Å². The van der Waals surface area contributed by atoms with Crippen LogP contribution in [0.25, 0.3) is 0 Å². The third-order valence-electron chi connectivity index (χ3n) is 2.52. The summed E-state index contributed by atoms with van der Waals surface area (Å²) in [7, 11) is 1.65. The van der Waals surface area contributed by atoms with Crippen LogP contribution < -0.4 is 0 Å². The summed E-state index contributed by atoms with van der Waals surface area (Å²) >= 11 is 0. The van der Waals surface area contributed by atoms with Gasteiger partial charge in [0.05, 0.1) is 12.7 Å². The van der Waals surface area contributed by atoms with Gasteiger partial charge in [-0.05, 0) is 6.42 Å². The van der Waals surface area contributed by atoms with Crippen LogP contribution in [0.4, 0.5) is 0 Å². The fraction of sp³-hybridized carbons (Fsp3) is 1.00. The molecule has 84 valence electrons. The summed E-state index contributed by atoms with van der Waals surface area (Å²) < 4.78 is 15.7. The predicted molar refractivity (Wildman–Crippen MR) is 55.2 cm³/mol. The topological polar surface area (TPSA) is 31.0 Å². The normalized spacial score (nSPS) is 22.3. The average Bonchev–Trinajstić information content (AvgIpc) is 3.00. The summed E-state index contributed by atoms with van der Waals surface area (Å²) in [5.74, 6) is 0. The van der Waals surface area contributed by atoms with E-state index in [0.29, 0.717) is 12.9 Å². The lowest BCUT2D eigenvalue weighted by molar-refractivity contribution is -0.0823. The van der Waals surface area contributed by atoms with Crippen LogP contribution in [0, 0.1) is 0 Å². The molecule has 0 radical (unpaired) electrons. The summed E-state index contributed by atoms with van der Waals surface area (Å²) in [5.41, 5.74) is 0. The van der Waals surface area contributed by atoms with E-state index in [-0.39, 0.29) is 6.10 Å². The molecule has 1 rings (SSSR count). The molecule has 2 atom stereocenters. The molecule has 3 heteroatoms. The summed E-state index contributed by atoms with van der Waals surface area (Å²) in [6, 6.07) is 0. The van der Waals surface area contributed by atoms with Crippen molar-refractivity contribution in [2.24, 2.45) is 0 Å². The van der Waals surface area contributed by atoms with E-state index < -0.39 is 0 Å². The predicted octanol–water partition coefficient (Wildman–Crippen LogP) is 2.34. The summed E-state index contributed by atoms with van der Waals surface area (Å²) in [5, 5.41) is 0. The lowest BCUT2D eigenvalue weighted by atomic mass is 10.1. The Hall–Kier alpha value is -0.120. The van der Waals surface area contributed by atoms with Gasteiger partial charge in [-0.3, -0.25) is 0 Å². The van der Waals surface area contributed by atoms with E-state index in [2.05, 4.69) is 6.92 Å². The Kier molecular flexibility index (Phi) is 6.15. The molecule has 0 aromatic heterocycles. The third kappa shape index (κ3) is 4.94. The Bertz CT molecular complexity index is 134. The molecule has 1 aliphatic rings. The van der Waals surface area contributed by atoms with Crippen molar-refractivity contribution in [3.63, 3.8) is 0 Å². The zero-order chi connectivity index (χ0) is 10.2. The minimum Gasteiger partial charge on any atom is -0.370 e. The van der Waals surface area contributed by atoms with Gasteiger partial charge in [-0.25, -0.2) is 0 Å². The Balaban J connectivity index is 2.02. The minimum atomic E-state index is 0.256. The third-order valence-corrected chi connectivity index (χ3v) is 2.52. The first-order valence-corrected chi connectivity index (χ1v) is 5.60. The Labute approximate surface area is 86.7 Å². The molecule has 0 spiro atoms. The molecule has 1 saturated heterocycles. The number of ether oxygens (including phenoxy) is 3. The van der Waals surface area contributed by atoms with Crippen LogP contribution in [0.3, 0.4) is 0 Å². The summed E-state index contributed by atoms with van der Waals surface area (Å²) in [6.45, 7) is 3.48. The van der Waals surface area contributed by atoms with Crippen molar-refractivity contribution in [2.75, 3.05) is 20.5 Å². The molecule has 3 nitrogen and oxygen atoms in total. The van der Waals surface area contributed by atoms with Crippen LogP contribution >= 0.6 is 0 Å². The smallest absolute Gasteiger partial charge is 0.146 e. The van der Waals surface area contributed by atoms with Crippen molar-refractivity contribution in [2.45, 2.75) is 51.2 Å². The first kappa shape index (κ1) is 12.0. The molecule has 0 aliphatic carbocycles. The number of methoxy groups -OCH3 is 1. The molecule has 0 bridgehead atoms. The summed E-state index contributed by atoms with van der Waals surface area (Å²) in [4.78, 5) is 0. The van der Waals surface area contributed by atoms with Gasteiger partial charge in [0.2, 0.25) is 0 Å². The second-order valence-electron chi connectivity index (χ2n) is 3.83. The first-order valence-electron chi connectivity index (χ1n) is 5.60. The maximum Gasteiger partial charge on any atom is 0.146 e. The highest BCUT2D eigenvalue weighted by molar-refractivity contribution is 4.79. The van der Waals surface area contributed by atoms with Crippen LogP contribution in [-0.4, -0.2) is 32.7 Å². The van der Waals surface area contributed by atoms with Crippen molar-refractivity contribution in [3.05, 3.63) is 0 Å². The zero-order valence-corrected chi connectivity index (χ0v) is 9.33. The molecule has 0 aromatic rings. The minimum absolute atomic E-state index is 0.256. The highest BCUT2D eigenvalue weighted by atomic mass is 16.7. The quantitative estimate of drug-likeness (QED) is 0.327. The van der Waals surface area contributed by atoms with Gasteiger partial charge in [-0.15, -0.1) is 0 Å². The molecular weight excluding hydrogens is 180 g/mol. The molecule has 1 heterocycles. The van der Waals surface area contributed by atoms with E-state index in [1.165, 1.54) is 25.7 Å². The van der Waals surface area contributed by atoms with Crippen LogP contribution in [0.2, 0.25) is 0 Å². The van der Waals surface area contributed by atoms with Crippen molar-refractivity contribution in [3.8, 4) is 0 Å². The Morgan fingerprint density at radius 3 is 2.71 bits per heavy atom. The highest BCUT2D eigenvalue weighted by Gasteiger charge is 2.32. The van der Waals surface area contributed by atoms with E-state index in [1.54, 1.807) is 7.11 Å². The monoisotopic (exact) mass is 202 g/mol. The standard InChI is InChI=1S/C11H22O3/c1-3-4-5-6-7-10(11-8-13-11)14-9-12-2/h10-11H,3-9H2,1-2H3/t10-,11-/m0/s1. The molecule has 14 heavy (non-hydrogen) atoms. The molecule has 1 fully saturated rings. The van der Waals surface area contributed by atoms with E-state index in [4.69, 9.17) is 14.2 Å². The molecule has 0 saturated carbocycles. The maximum atomic E-state index is 5.55. The van der Waals surface area contributed by atoms with Crippen LogP contribution in [0.1, 0.15) is 39.0 Å². The molecular formula is C11H22O3. The second-order valence-corrected chi connectivity index (χ2v) is 3.83. The maximum absolute atomic E-state index is 5.55. The molecule has 1 aliphatic heterocycles. The van der Waals surface area contributed by atoms with Gasteiger partial charge in [0.15, 0.2) is 0 Å². The zero-order valence-electron chi connectivity index (χ0n) is 9.33. The number of rotatable bonds is 9. The van der Waals surface area contributed by atoms with Gasteiger partial charge in [0.25, 0.3) is 0 Å². The van der Waals surface area contributed by atoms with Crippen LogP contribution in [0.15, 0.2) is 0 Å². The molecule has 0 amide bonds. The van der Waals surface area contributed by atoms with E-state index in [9.17, 15) is 0 Å². The lowest BCUT2D eigenvalue weighted by Crippen LogP contribution is -2.21. The lowest BCUT2D eigenvalue weighted by Gasteiger charge is -2.14. The van der Waals surface area contributed by atoms with Crippen LogP contribution in [0.5, 0.6) is 0 Å². The molecule has 0 unspecified atom stereocenters. The highest BCUT2D eigenvalue weighted by Crippen LogP contribution is 2.22. The number of hydrogen-bond donors (Lipinski definition) is 0. The van der Waals surface area contributed by atoms with Gasteiger partial charge in [-0.2, -0.15) is 0 Å². The van der Waals surface area contributed by atoms with Crippen molar-refractivity contribution in [1.29, 1.82) is 0 Å². The van der Waals surface area contributed by atoms with Crippen molar-refractivity contribution < 1.29 is 14.2 Å². The van der Waals surface area contributed by atoms with E-state index in [1.807, 2.05) is 0 Å². The van der Waals surface area contributed by atoms with E-state index in [0.717, 1.165) is 13.0 Å². The average molecular weight is 202 g/mol. The molecule has 0 N–H and O–H groups in total. The molecule has 0 aromatic carbocycles. The fourth-order valence-electron chi connectivity index (χ4n) is 1.57.